The number of esters is 1. The number of hydrogen-bond donors (Lipinski definition) is 1. The number of hydrogen-bond acceptors (Lipinski definition) is 6. The molecule has 0 saturated carbocycles. The average molecular weight is 490 g/mol. The summed E-state index contributed by atoms with van der Waals surface area (Å²) in [6.45, 7) is 5.35. The number of nitrogens with zero attached hydrogens (tertiary/aromatic N) is 2. The van der Waals surface area contributed by atoms with Gasteiger partial charge in [0.2, 0.25) is 10.0 Å². The zero-order valence-corrected chi connectivity index (χ0v) is 21.0. The first kappa shape index (κ1) is 25.3. The Balaban J connectivity index is 1.85. The maximum atomic E-state index is 12.7. The maximum Gasteiger partial charge on any atom is 0.337 e. The van der Waals surface area contributed by atoms with E-state index in [1.165, 1.54) is 7.11 Å². The summed E-state index contributed by atoms with van der Waals surface area (Å²) in [6.07, 6.45) is 3.72. The van der Waals surface area contributed by atoms with Crippen LogP contribution in [0.2, 0.25) is 0 Å². The second-order valence-electron chi connectivity index (χ2n) is 7.78. The first-order valence-corrected chi connectivity index (χ1v) is 13.7. The fraction of sp³-hybridized carbons (Fsp3) is 0.417. The molecular weight excluding hydrogens is 458 g/mol. The first-order chi connectivity index (χ1) is 15.9. The van der Waals surface area contributed by atoms with Gasteiger partial charge in [0.25, 0.3) is 0 Å². The molecule has 178 valence electrons. The summed E-state index contributed by atoms with van der Waals surface area (Å²) in [5.41, 5.74) is 3.18. The molecule has 3 aromatic rings. The van der Waals surface area contributed by atoms with Crippen molar-refractivity contribution in [2.75, 3.05) is 13.7 Å². The summed E-state index contributed by atoms with van der Waals surface area (Å²) in [4.78, 5) is 16.7. The van der Waals surface area contributed by atoms with Crippen LogP contribution in [0.1, 0.15) is 55.5 Å². The normalized spacial score (nSPS) is 11.7. The van der Waals surface area contributed by atoms with Crippen LogP contribution in [0.15, 0.2) is 52.5 Å². The minimum atomic E-state index is -3.56. The Hall–Kier alpha value is -2.36. The monoisotopic (exact) mass is 489 g/mol. The molecule has 0 bridgehead atoms. The molecule has 33 heavy (non-hydrogen) atoms. The molecule has 1 N–H and O–H groups in total. The molecule has 3 rings (SSSR count). The van der Waals surface area contributed by atoms with E-state index in [0.717, 1.165) is 54.0 Å². The van der Waals surface area contributed by atoms with Crippen LogP contribution in [-0.4, -0.2) is 37.6 Å². The van der Waals surface area contributed by atoms with E-state index in [0.29, 0.717) is 17.9 Å². The number of imidazole rings is 1. The number of aryl methyl sites for hydroxylation is 1. The lowest BCUT2D eigenvalue weighted by Crippen LogP contribution is -2.24. The van der Waals surface area contributed by atoms with Gasteiger partial charge in [-0.25, -0.2) is 22.9 Å². The third-order valence-electron chi connectivity index (χ3n) is 5.30. The summed E-state index contributed by atoms with van der Waals surface area (Å²) >= 11 is 1.60. The Labute approximate surface area is 200 Å². The number of methoxy groups -OCH3 is 1. The molecule has 0 saturated heterocycles. The number of benzene rings is 2. The van der Waals surface area contributed by atoms with E-state index in [2.05, 4.69) is 16.2 Å². The molecule has 9 heteroatoms. The number of nitrogens with one attached hydrogen (secondary N) is 1. The number of fused-ring (bicyclic) bond motifs is 1. The largest absolute Gasteiger partial charge is 0.465 e. The van der Waals surface area contributed by atoms with Gasteiger partial charge >= 0.3 is 5.97 Å². The van der Waals surface area contributed by atoms with E-state index in [1.54, 1.807) is 42.1 Å². The highest BCUT2D eigenvalue weighted by molar-refractivity contribution is 7.98. The Morgan fingerprint density at radius 1 is 1.09 bits per heavy atom. The van der Waals surface area contributed by atoms with Gasteiger partial charge < -0.3 is 9.30 Å². The fourth-order valence-corrected chi connectivity index (χ4v) is 5.45. The topological polar surface area (TPSA) is 90.3 Å². The number of rotatable bonds is 12. The van der Waals surface area contributed by atoms with Crippen molar-refractivity contribution < 1.29 is 17.9 Å². The van der Waals surface area contributed by atoms with Gasteiger partial charge in [-0.15, -0.1) is 0 Å². The van der Waals surface area contributed by atoms with Crippen LogP contribution in [0.25, 0.3) is 11.0 Å². The van der Waals surface area contributed by atoms with Crippen molar-refractivity contribution in [3.8, 4) is 0 Å². The highest BCUT2D eigenvalue weighted by atomic mass is 32.2. The second-order valence-corrected chi connectivity index (χ2v) is 10.5. The van der Waals surface area contributed by atoms with Crippen molar-refractivity contribution in [1.29, 1.82) is 0 Å². The van der Waals surface area contributed by atoms with Crippen molar-refractivity contribution in [2.24, 2.45) is 0 Å². The van der Waals surface area contributed by atoms with Crippen molar-refractivity contribution in [1.82, 2.24) is 14.3 Å². The zero-order chi connectivity index (χ0) is 23.8. The number of unbranched alkanes of at least 4 members (excludes halogenated alkanes) is 2. The van der Waals surface area contributed by atoms with E-state index in [4.69, 9.17) is 9.72 Å². The smallest absolute Gasteiger partial charge is 0.337 e. The molecule has 7 nitrogen and oxygen atoms in total. The fourth-order valence-electron chi connectivity index (χ4n) is 3.36. The Morgan fingerprint density at radius 3 is 2.48 bits per heavy atom. The molecule has 0 aliphatic rings. The molecule has 0 unspecified atom stereocenters. The number of aromatic nitrogens is 2. The van der Waals surface area contributed by atoms with Gasteiger partial charge in [-0.05, 0) is 48.7 Å². The lowest BCUT2D eigenvalue weighted by molar-refractivity contribution is 0.0600. The number of carbonyl (C=O) groups is 1. The molecule has 0 aliphatic carbocycles. The maximum absolute atomic E-state index is 12.7. The van der Waals surface area contributed by atoms with Crippen LogP contribution in [0, 0.1) is 0 Å². The predicted octanol–water partition coefficient (Wildman–Crippen LogP) is 4.99. The van der Waals surface area contributed by atoms with E-state index in [-0.39, 0.29) is 10.9 Å². The van der Waals surface area contributed by atoms with E-state index >= 15 is 0 Å². The average Bonchev–Trinajstić information content (AvgIpc) is 3.17. The van der Waals surface area contributed by atoms with E-state index < -0.39 is 10.0 Å². The molecule has 0 aliphatic heterocycles. The van der Waals surface area contributed by atoms with Crippen LogP contribution in [0.4, 0.5) is 0 Å². The second kappa shape index (κ2) is 11.7. The number of carbonyl (C=O) groups excluding carboxylic acids is 1. The highest BCUT2D eigenvalue weighted by Crippen LogP contribution is 2.29. The lowest BCUT2D eigenvalue weighted by atomic mass is 10.1. The van der Waals surface area contributed by atoms with E-state index in [9.17, 15) is 13.2 Å². The summed E-state index contributed by atoms with van der Waals surface area (Å²) in [6, 6.07) is 12.4. The molecule has 1 aromatic heterocycles. The molecule has 2 aromatic carbocycles. The first-order valence-electron chi connectivity index (χ1n) is 11.2. The van der Waals surface area contributed by atoms with Crippen LogP contribution < -0.4 is 4.72 Å². The Kier molecular flexibility index (Phi) is 8.94. The van der Waals surface area contributed by atoms with Gasteiger partial charge in [-0.1, -0.05) is 50.6 Å². The minimum Gasteiger partial charge on any atom is -0.465 e. The summed E-state index contributed by atoms with van der Waals surface area (Å²) in [5, 5.41) is 0.851. The molecule has 0 radical (unpaired) electrons. The highest BCUT2D eigenvalue weighted by Gasteiger charge is 2.18. The third kappa shape index (κ3) is 6.37. The van der Waals surface area contributed by atoms with Gasteiger partial charge in [-0.2, -0.15) is 0 Å². The molecule has 0 atom stereocenters. The van der Waals surface area contributed by atoms with Crippen molar-refractivity contribution in [2.45, 2.75) is 61.9 Å². The van der Waals surface area contributed by atoms with Gasteiger partial charge in [0.05, 0.1) is 28.6 Å². The Bertz CT molecular complexity index is 1190. The van der Waals surface area contributed by atoms with E-state index in [1.807, 2.05) is 19.1 Å². The zero-order valence-electron chi connectivity index (χ0n) is 19.3. The van der Waals surface area contributed by atoms with Crippen molar-refractivity contribution >= 4 is 38.8 Å². The Morgan fingerprint density at radius 2 is 1.82 bits per heavy atom. The number of ether oxygens (including phenoxy) is 1. The summed E-state index contributed by atoms with van der Waals surface area (Å²) in [5.74, 6) is 0.325. The number of sulfonamides is 1. The summed E-state index contributed by atoms with van der Waals surface area (Å²) in [7, 11) is -2.19. The van der Waals surface area contributed by atoms with Crippen LogP contribution >= 0.6 is 11.8 Å². The minimum absolute atomic E-state index is 0.263. The van der Waals surface area contributed by atoms with Crippen LogP contribution in [0.5, 0.6) is 0 Å². The number of thioether (sulfide) groups is 1. The van der Waals surface area contributed by atoms with Crippen molar-refractivity contribution in [3.63, 3.8) is 0 Å². The van der Waals surface area contributed by atoms with Crippen molar-refractivity contribution in [3.05, 3.63) is 53.6 Å². The van der Waals surface area contributed by atoms with Crippen LogP contribution in [-0.2, 0) is 27.1 Å². The summed E-state index contributed by atoms with van der Waals surface area (Å²) < 4.78 is 35.0. The van der Waals surface area contributed by atoms with Gasteiger partial charge in [0.15, 0.2) is 5.16 Å². The SMILES string of the molecule is CCCCNS(=O)(=O)c1ccc2nc(SCc3ccc(C(=O)OC)cc3)n(CCCC)c2c1. The van der Waals surface area contributed by atoms with Gasteiger partial charge in [0.1, 0.15) is 0 Å². The molecule has 1 heterocycles. The van der Waals surface area contributed by atoms with Gasteiger partial charge in [-0.3, -0.25) is 0 Å². The van der Waals surface area contributed by atoms with Crippen LogP contribution in [0.3, 0.4) is 0 Å². The molecule has 0 spiro atoms. The predicted molar refractivity (Wildman–Crippen MR) is 132 cm³/mol. The van der Waals surface area contributed by atoms with Gasteiger partial charge in [0, 0.05) is 18.8 Å². The molecule has 0 amide bonds. The molecular formula is C24H31N3O4S2. The standard InChI is InChI=1S/C24H31N3O4S2/c1-4-6-14-25-33(29,30)20-12-13-21-22(16-20)27(15-7-5-2)24(26-21)32-17-18-8-10-19(11-9-18)23(28)31-3/h8-13,16,25H,4-7,14-15,17H2,1-3H3. The third-order valence-corrected chi connectivity index (χ3v) is 7.80. The lowest BCUT2D eigenvalue weighted by Gasteiger charge is -2.10. The quantitative estimate of drug-likeness (QED) is 0.219. The molecule has 0 fully saturated rings.